The summed E-state index contributed by atoms with van der Waals surface area (Å²) < 4.78 is 0. The summed E-state index contributed by atoms with van der Waals surface area (Å²) in [5.74, 6) is 0.852. The first-order valence-corrected chi connectivity index (χ1v) is 8.29. The van der Waals surface area contributed by atoms with E-state index in [-0.39, 0.29) is 0 Å². The number of benzene rings is 1. The molecule has 3 heteroatoms. The van der Waals surface area contributed by atoms with Gasteiger partial charge in [0.05, 0.1) is 16.8 Å². The zero-order valence-corrected chi connectivity index (χ0v) is 12.9. The second kappa shape index (κ2) is 5.95. The summed E-state index contributed by atoms with van der Waals surface area (Å²) in [5, 5.41) is 10.5. The minimum Gasteiger partial charge on any atom is -0.389 e. The number of anilines is 1. The van der Waals surface area contributed by atoms with E-state index in [1.54, 1.807) is 6.92 Å². The van der Waals surface area contributed by atoms with Crippen LogP contribution in [0.15, 0.2) is 18.2 Å². The Morgan fingerprint density at radius 1 is 1.20 bits per heavy atom. The zero-order valence-electron chi connectivity index (χ0n) is 12.2. The summed E-state index contributed by atoms with van der Waals surface area (Å²) >= 11 is 6.49. The Labute approximate surface area is 126 Å². The molecule has 2 nitrogen and oxygen atoms in total. The number of aliphatic hydroxyl groups excluding tert-OH is 1. The van der Waals surface area contributed by atoms with Crippen molar-refractivity contribution in [2.75, 3.05) is 11.4 Å². The van der Waals surface area contributed by atoms with Crippen LogP contribution in [-0.4, -0.2) is 17.7 Å². The third-order valence-electron chi connectivity index (χ3n) is 5.01. The van der Waals surface area contributed by atoms with Crippen LogP contribution in [0.4, 0.5) is 5.69 Å². The monoisotopic (exact) mass is 293 g/mol. The van der Waals surface area contributed by atoms with Crippen molar-refractivity contribution in [3.05, 3.63) is 28.8 Å². The van der Waals surface area contributed by atoms with Crippen molar-refractivity contribution >= 4 is 17.3 Å². The van der Waals surface area contributed by atoms with E-state index in [1.165, 1.54) is 38.5 Å². The summed E-state index contributed by atoms with van der Waals surface area (Å²) in [5.41, 5.74) is 2.06. The van der Waals surface area contributed by atoms with Gasteiger partial charge in [-0.05, 0) is 56.2 Å². The second-order valence-corrected chi connectivity index (χ2v) is 6.74. The first-order valence-electron chi connectivity index (χ1n) is 7.91. The number of fused-ring (bicyclic) bond motifs is 1. The van der Waals surface area contributed by atoms with Crippen molar-refractivity contribution in [2.45, 2.75) is 57.6 Å². The van der Waals surface area contributed by atoms with Gasteiger partial charge >= 0.3 is 0 Å². The Morgan fingerprint density at radius 3 is 2.70 bits per heavy atom. The highest BCUT2D eigenvalue weighted by molar-refractivity contribution is 6.33. The number of hydrogen-bond acceptors (Lipinski definition) is 2. The molecule has 1 N–H and O–H groups in total. The summed E-state index contributed by atoms with van der Waals surface area (Å²) in [6.45, 7) is 2.90. The molecule has 2 aliphatic rings. The molecule has 0 bridgehead atoms. The molecule has 20 heavy (non-hydrogen) atoms. The predicted molar refractivity (Wildman–Crippen MR) is 84.4 cm³/mol. The number of nitrogens with zero attached hydrogens (tertiary/aromatic N) is 1. The first kappa shape index (κ1) is 14.2. The summed E-state index contributed by atoms with van der Waals surface area (Å²) in [6, 6.07) is 6.71. The Bertz CT molecular complexity index is 472. The Hall–Kier alpha value is -0.730. The van der Waals surface area contributed by atoms with Gasteiger partial charge < -0.3 is 10.0 Å². The molecular weight excluding hydrogens is 270 g/mol. The fraction of sp³-hybridized carbons (Fsp3) is 0.647. The van der Waals surface area contributed by atoms with Crippen molar-refractivity contribution in [3.8, 4) is 0 Å². The predicted octanol–water partition coefficient (Wildman–Crippen LogP) is 4.55. The van der Waals surface area contributed by atoms with Crippen LogP contribution in [0, 0.1) is 5.92 Å². The lowest BCUT2D eigenvalue weighted by Gasteiger charge is -2.45. The summed E-state index contributed by atoms with van der Waals surface area (Å²) in [7, 11) is 0. The van der Waals surface area contributed by atoms with Crippen LogP contribution in [0.3, 0.4) is 0 Å². The third-order valence-corrected chi connectivity index (χ3v) is 5.31. The molecular formula is C17H24ClNO. The van der Waals surface area contributed by atoms with Gasteiger partial charge in [0.1, 0.15) is 0 Å². The van der Waals surface area contributed by atoms with Crippen LogP contribution in [0.1, 0.15) is 57.1 Å². The topological polar surface area (TPSA) is 23.5 Å². The van der Waals surface area contributed by atoms with E-state index in [4.69, 9.17) is 11.6 Å². The zero-order chi connectivity index (χ0) is 14.1. The van der Waals surface area contributed by atoms with E-state index in [0.717, 1.165) is 28.7 Å². The Kier molecular flexibility index (Phi) is 4.23. The van der Waals surface area contributed by atoms with Crippen LogP contribution < -0.4 is 4.90 Å². The molecule has 1 aliphatic heterocycles. The summed E-state index contributed by atoms with van der Waals surface area (Å²) in [4.78, 5) is 2.53. The van der Waals surface area contributed by atoms with Gasteiger partial charge in [0.25, 0.3) is 0 Å². The van der Waals surface area contributed by atoms with E-state index in [9.17, 15) is 5.11 Å². The SMILES string of the molecule is C[C@H](O)c1ccc(N2CCC[C@H]3CCCC[C@H]32)c(Cl)c1. The fourth-order valence-electron chi connectivity index (χ4n) is 3.94. The van der Waals surface area contributed by atoms with Crippen molar-refractivity contribution in [2.24, 2.45) is 5.92 Å². The van der Waals surface area contributed by atoms with Crippen LogP contribution in [0.2, 0.25) is 5.02 Å². The molecule has 0 radical (unpaired) electrons. The quantitative estimate of drug-likeness (QED) is 0.864. The van der Waals surface area contributed by atoms with E-state index >= 15 is 0 Å². The molecule has 1 aromatic rings. The summed E-state index contributed by atoms with van der Waals surface area (Å²) in [6.07, 6.45) is 7.62. The molecule has 3 rings (SSSR count). The number of hydrogen-bond donors (Lipinski definition) is 1. The van der Waals surface area contributed by atoms with Gasteiger partial charge in [-0.3, -0.25) is 0 Å². The molecule has 0 aromatic heterocycles. The Morgan fingerprint density at radius 2 is 1.95 bits per heavy atom. The van der Waals surface area contributed by atoms with Gasteiger partial charge in [-0.15, -0.1) is 0 Å². The molecule has 3 atom stereocenters. The fourth-order valence-corrected chi connectivity index (χ4v) is 4.24. The normalized spacial score (nSPS) is 28.1. The molecule has 1 aromatic carbocycles. The molecule has 110 valence electrons. The smallest absolute Gasteiger partial charge is 0.0762 e. The number of rotatable bonds is 2. The van der Waals surface area contributed by atoms with E-state index in [2.05, 4.69) is 11.0 Å². The first-order chi connectivity index (χ1) is 9.66. The molecule has 1 aliphatic carbocycles. The minimum absolute atomic E-state index is 0.453. The highest BCUT2D eigenvalue weighted by Gasteiger charge is 2.33. The van der Waals surface area contributed by atoms with E-state index in [0.29, 0.717) is 6.04 Å². The maximum absolute atomic E-state index is 9.66. The van der Waals surface area contributed by atoms with Gasteiger partial charge in [0, 0.05) is 12.6 Å². The average molecular weight is 294 g/mol. The van der Waals surface area contributed by atoms with Crippen LogP contribution in [0.5, 0.6) is 0 Å². The Balaban J connectivity index is 1.87. The molecule has 1 saturated carbocycles. The standard InChI is InChI=1S/C17H24ClNO/c1-12(20)14-8-9-17(15(18)11-14)19-10-4-6-13-5-2-3-7-16(13)19/h8-9,11-13,16,20H,2-7,10H2,1H3/t12-,13+,16+/m0/s1. The van der Waals surface area contributed by atoms with Crippen LogP contribution >= 0.6 is 11.6 Å². The lowest BCUT2D eigenvalue weighted by Crippen LogP contribution is -2.47. The van der Waals surface area contributed by atoms with E-state index in [1.807, 2.05) is 12.1 Å². The highest BCUT2D eigenvalue weighted by atomic mass is 35.5. The second-order valence-electron chi connectivity index (χ2n) is 6.33. The average Bonchev–Trinajstić information content (AvgIpc) is 2.46. The van der Waals surface area contributed by atoms with Crippen LogP contribution in [-0.2, 0) is 0 Å². The lowest BCUT2D eigenvalue weighted by atomic mass is 9.78. The van der Waals surface area contributed by atoms with Crippen LogP contribution in [0.25, 0.3) is 0 Å². The molecule has 0 spiro atoms. The number of aliphatic hydroxyl groups is 1. The largest absolute Gasteiger partial charge is 0.389 e. The van der Waals surface area contributed by atoms with Gasteiger partial charge in [0.15, 0.2) is 0 Å². The van der Waals surface area contributed by atoms with Crippen molar-refractivity contribution in [1.29, 1.82) is 0 Å². The van der Waals surface area contributed by atoms with E-state index < -0.39 is 6.10 Å². The number of piperidine rings is 1. The van der Waals surface area contributed by atoms with Gasteiger partial charge in [-0.2, -0.15) is 0 Å². The molecule has 2 fully saturated rings. The van der Waals surface area contributed by atoms with Gasteiger partial charge in [0.2, 0.25) is 0 Å². The van der Waals surface area contributed by atoms with Gasteiger partial charge in [-0.1, -0.05) is 30.5 Å². The van der Waals surface area contributed by atoms with Crippen molar-refractivity contribution < 1.29 is 5.11 Å². The number of halogens is 1. The molecule has 1 saturated heterocycles. The molecule has 0 unspecified atom stereocenters. The molecule has 0 amide bonds. The minimum atomic E-state index is -0.453. The van der Waals surface area contributed by atoms with Gasteiger partial charge in [-0.25, -0.2) is 0 Å². The van der Waals surface area contributed by atoms with Crippen molar-refractivity contribution in [1.82, 2.24) is 0 Å². The maximum atomic E-state index is 9.66. The molecule has 1 heterocycles. The third kappa shape index (κ3) is 2.68. The lowest BCUT2D eigenvalue weighted by molar-refractivity contribution is 0.199. The maximum Gasteiger partial charge on any atom is 0.0762 e. The highest BCUT2D eigenvalue weighted by Crippen LogP contribution is 2.40. The van der Waals surface area contributed by atoms with Crippen molar-refractivity contribution in [3.63, 3.8) is 0 Å².